The van der Waals surface area contributed by atoms with Crippen LogP contribution in [0.15, 0.2) is 45.9 Å². The van der Waals surface area contributed by atoms with E-state index in [1.165, 1.54) is 24.5 Å². The van der Waals surface area contributed by atoms with Crippen LogP contribution in [0.2, 0.25) is 0 Å². The molecule has 1 aromatic heterocycles. The second kappa shape index (κ2) is 6.31. The molecule has 7 nitrogen and oxygen atoms in total. The Balaban J connectivity index is 2.23. The number of aromatic nitrogens is 2. The molecule has 108 valence electrons. The van der Waals surface area contributed by atoms with Gasteiger partial charge < -0.3 is 10.4 Å². The van der Waals surface area contributed by atoms with Crippen LogP contribution >= 0.6 is 15.9 Å². The zero-order valence-corrected chi connectivity index (χ0v) is 12.2. The van der Waals surface area contributed by atoms with Crippen LogP contribution in [0, 0.1) is 0 Å². The zero-order valence-electron chi connectivity index (χ0n) is 10.6. The first-order valence-corrected chi connectivity index (χ1v) is 6.61. The summed E-state index contributed by atoms with van der Waals surface area (Å²) in [5, 5.41) is 11.6. The minimum Gasteiger partial charge on any atom is -0.478 e. The van der Waals surface area contributed by atoms with E-state index in [0.717, 1.165) is 4.57 Å². The van der Waals surface area contributed by atoms with Gasteiger partial charge in [-0.05, 0) is 34.1 Å². The number of para-hydroxylation sites is 1. The molecule has 0 atom stereocenters. The number of rotatable bonds is 4. The Morgan fingerprint density at radius 3 is 2.76 bits per heavy atom. The van der Waals surface area contributed by atoms with Crippen molar-refractivity contribution in [3.8, 4) is 0 Å². The van der Waals surface area contributed by atoms with Gasteiger partial charge in [0.1, 0.15) is 6.54 Å². The van der Waals surface area contributed by atoms with E-state index in [2.05, 4.69) is 26.2 Å². The molecule has 0 saturated heterocycles. The summed E-state index contributed by atoms with van der Waals surface area (Å²) in [6.45, 7) is -0.257. The Kier molecular flexibility index (Phi) is 4.49. The lowest BCUT2D eigenvalue weighted by Crippen LogP contribution is -2.28. The number of nitrogens with one attached hydrogen (secondary N) is 1. The van der Waals surface area contributed by atoms with Gasteiger partial charge >= 0.3 is 11.7 Å². The molecule has 0 spiro atoms. The fourth-order valence-corrected chi connectivity index (χ4v) is 2.14. The van der Waals surface area contributed by atoms with Crippen LogP contribution < -0.4 is 11.0 Å². The molecular formula is C13H10BrN3O4. The molecule has 0 radical (unpaired) electrons. The molecule has 21 heavy (non-hydrogen) atoms. The van der Waals surface area contributed by atoms with Crippen molar-refractivity contribution in [2.45, 2.75) is 6.54 Å². The average molecular weight is 352 g/mol. The van der Waals surface area contributed by atoms with Crippen LogP contribution in [-0.2, 0) is 11.3 Å². The van der Waals surface area contributed by atoms with Crippen molar-refractivity contribution in [3.05, 3.63) is 57.2 Å². The number of benzene rings is 1. The van der Waals surface area contributed by atoms with Gasteiger partial charge in [-0.2, -0.15) is 0 Å². The number of aromatic carboxylic acids is 1. The third-order valence-electron chi connectivity index (χ3n) is 2.61. The Labute approximate surface area is 127 Å². The first-order chi connectivity index (χ1) is 9.99. The molecule has 2 rings (SSSR count). The van der Waals surface area contributed by atoms with Gasteiger partial charge in [0.05, 0.1) is 11.3 Å². The maximum atomic E-state index is 11.9. The zero-order chi connectivity index (χ0) is 15.4. The van der Waals surface area contributed by atoms with E-state index >= 15 is 0 Å². The summed E-state index contributed by atoms with van der Waals surface area (Å²) in [6, 6.07) is 6.06. The smallest absolute Gasteiger partial charge is 0.347 e. The minimum absolute atomic E-state index is 0.0451. The van der Waals surface area contributed by atoms with Crippen molar-refractivity contribution in [1.82, 2.24) is 9.55 Å². The van der Waals surface area contributed by atoms with Crippen molar-refractivity contribution in [2.24, 2.45) is 0 Å². The van der Waals surface area contributed by atoms with Gasteiger partial charge in [0.2, 0.25) is 5.91 Å². The quantitative estimate of drug-likeness (QED) is 0.865. The predicted octanol–water partition coefficient (Wildman–Crippen LogP) is 1.34. The van der Waals surface area contributed by atoms with E-state index in [-0.39, 0.29) is 17.8 Å². The Morgan fingerprint density at radius 1 is 1.33 bits per heavy atom. The third kappa shape index (κ3) is 3.54. The second-order valence-electron chi connectivity index (χ2n) is 4.05. The molecule has 8 heteroatoms. The minimum atomic E-state index is -1.16. The summed E-state index contributed by atoms with van der Waals surface area (Å²) in [4.78, 5) is 38.0. The number of anilines is 1. The van der Waals surface area contributed by atoms with E-state index < -0.39 is 17.6 Å². The molecule has 1 aromatic carbocycles. The molecule has 0 saturated carbocycles. The number of hydrogen-bond donors (Lipinski definition) is 2. The number of carbonyl (C=O) groups excluding carboxylic acids is 1. The molecule has 1 amide bonds. The number of carboxylic acid groups (broad SMARTS) is 1. The molecular weight excluding hydrogens is 342 g/mol. The largest absolute Gasteiger partial charge is 0.478 e. The fraction of sp³-hybridized carbons (Fsp3) is 0.0769. The van der Waals surface area contributed by atoms with Gasteiger partial charge in [0, 0.05) is 16.9 Å². The van der Waals surface area contributed by atoms with Crippen LogP contribution in [-0.4, -0.2) is 26.5 Å². The average Bonchev–Trinajstić information content (AvgIpc) is 2.43. The molecule has 0 aliphatic heterocycles. The van der Waals surface area contributed by atoms with Gasteiger partial charge in [-0.3, -0.25) is 9.36 Å². The highest BCUT2D eigenvalue weighted by Crippen LogP contribution is 2.26. The molecule has 2 aromatic rings. The number of nitrogens with zero attached hydrogens (tertiary/aromatic N) is 2. The highest BCUT2D eigenvalue weighted by molar-refractivity contribution is 9.10. The number of carboxylic acids is 1. The maximum absolute atomic E-state index is 11.9. The van der Waals surface area contributed by atoms with Crippen molar-refractivity contribution < 1.29 is 14.7 Å². The Morgan fingerprint density at radius 2 is 2.10 bits per heavy atom. The normalized spacial score (nSPS) is 10.1. The molecule has 0 aliphatic carbocycles. The van der Waals surface area contributed by atoms with E-state index in [9.17, 15) is 14.4 Å². The highest BCUT2D eigenvalue weighted by atomic mass is 79.9. The van der Waals surface area contributed by atoms with Gasteiger partial charge in [0.25, 0.3) is 0 Å². The molecule has 0 aliphatic rings. The first-order valence-electron chi connectivity index (χ1n) is 5.82. The van der Waals surface area contributed by atoms with Crippen molar-refractivity contribution >= 4 is 33.5 Å². The predicted molar refractivity (Wildman–Crippen MR) is 78.2 cm³/mol. The number of amides is 1. The van der Waals surface area contributed by atoms with Crippen LogP contribution in [0.25, 0.3) is 0 Å². The standard InChI is InChI=1S/C13H10BrN3O4/c14-9-4-1-3-8(12(19)20)11(9)16-10(18)7-17-6-2-5-15-13(17)21/h1-6H,7H2,(H,16,18)(H,19,20). The summed E-state index contributed by atoms with van der Waals surface area (Å²) in [6.07, 6.45) is 2.75. The first kappa shape index (κ1) is 14.9. The lowest BCUT2D eigenvalue weighted by atomic mass is 10.2. The molecule has 1 heterocycles. The molecule has 0 fully saturated rings. The summed E-state index contributed by atoms with van der Waals surface area (Å²) in [5.41, 5.74) is -0.457. The number of carbonyl (C=O) groups is 2. The Hall–Kier alpha value is -2.48. The summed E-state index contributed by atoms with van der Waals surface area (Å²) >= 11 is 3.18. The lowest BCUT2D eigenvalue weighted by molar-refractivity contribution is -0.116. The van der Waals surface area contributed by atoms with Crippen LogP contribution in [0.4, 0.5) is 5.69 Å². The highest BCUT2D eigenvalue weighted by Gasteiger charge is 2.15. The number of hydrogen-bond acceptors (Lipinski definition) is 4. The summed E-state index contributed by atoms with van der Waals surface area (Å²) in [7, 11) is 0. The van der Waals surface area contributed by atoms with Gasteiger partial charge in [-0.25, -0.2) is 14.6 Å². The maximum Gasteiger partial charge on any atom is 0.347 e. The van der Waals surface area contributed by atoms with Crippen molar-refractivity contribution in [3.63, 3.8) is 0 Å². The van der Waals surface area contributed by atoms with Gasteiger partial charge in [-0.1, -0.05) is 6.07 Å². The van der Waals surface area contributed by atoms with Gasteiger partial charge in [0.15, 0.2) is 0 Å². The van der Waals surface area contributed by atoms with Crippen LogP contribution in [0.1, 0.15) is 10.4 Å². The number of halogens is 1. The molecule has 0 bridgehead atoms. The third-order valence-corrected chi connectivity index (χ3v) is 3.27. The molecule has 0 unspecified atom stereocenters. The van der Waals surface area contributed by atoms with Crippen LogP contribution in [0.3, 0.4) is 0 Å². The second-order valence-corrected chi connectivity index (χ2v) is 4.90. The monoisotopic (exact) mass is 351 g/mol. The van der Waals surface area contributed by atoms with E-state index in [0.29, 0.717) is 4.47 Å². The van der Waals surface area contributed by atoms with E-state index in [1.54, 1.807) is 12.1 Å². The van der Waals surface area contributed by atoms with E-state index in [4.69, 9.17) is 5.11 Å². The lowest BCUT2D eigenvalue weighted by Gasteiger charge is -2.11. The van der Waals surface area contributed by atoms with Crippen molar-refractivity contribution in [2.75, 3.05) is 5.32 Å². The summed E-state index contributed by atoms with van der Waals surface area (Å²) < 4.78 is 1.56. The molecule has 2 N–H and O–H groups in total. The van der Waals surface area contributed by atoms with Gasteiger partial charge in [-0.15, -0.1) is 0 Å². The van der Waals surface area contributed by atoms with E-state index in [1.807, 2.05) is 0 Å². The fourth-order valence-electron chi connectivity index (χ4n) is 1.67. The SMILES string of the molecule is O=C(Cn1cccnc1=O)Nc1c(Br)cccc1C(=O)O. The van der Waals surface area contributed by atoms with Crippen molar-refractivity contribution in [1.29, 1.82) is 0 Å². The topological polar surface area (TPSA) is 101 Å². The Bertz CT molecular complexity index is 757. The van der Waals surface area contributed by atoms with Crippen LogP contribution in [0.5, 0.6) is 0 Å². The summed E-state index contributed by atoms with van der Waals surface area (Å²) in [5.74, 6) is -1.69.